The molecule has 0 aliphatic rings. The highest BCUT2D eigenvalue weighted by Gasteiger charge is 2.22. The average Bonchev–Trinajstić information content (AvgIpc) is 3.25. The van der Waals surface area contributed by atoms with Crippen LogP contribution in [0.1, 0.15) is 21.6 Å². The fourth-order valence-electron chi connectivity index (χ4n) is 2.36. The van der Waals surface area contributed by atoms with Gasteiger partial charge in [0.15, 0.2) is 5.82 Å². The minimum atomic E-state index is -0.792. The lowest BCUT2D eigenvalue weighted by Gasteiger charge is -2.13. The van der Waals surface area contributed by atoms with Crippen molar-refractivity contribution in [1.29, 1.82) is 5.26 Å². The molecular weight excluding hydrogens is 381 g/mol. The molecule has 0 fully saturated rings. The molecule has 0 aliphatic heterocycles. The number of nitrogens with one attached hydrogen (secondary N) is 2. The second-order valence-corrected chi connectivity index (χ2v) is 5.63. The molecule has 3 rings (SSSR count). The number of rotatable bonds is 8. The SMILES string of the molecule is N#Cc1cccc(-c2nc(N)c(C(=O)NOCc3cc[nH]n3)c(OCCF)n2)c1. The van der Waals surface area contributed by atoms with Crippen molar-refractivity contribution in [2.75, 3.05) is 19.0 Å². The zero-order valence-electron chi connectivity index (χ0n) is 15.1. The Balaban J connectivity index is 1.87. The first kappa shape index (κ1) is 19.7. The Morgan fingerprint density at radius 1 is 1.34 bits per heavy atom. The summed E-state index contributed by atoms with van der Waals surface area (Å²) in [7, 11) is 0. The van der Waals surface area contributed by atoms with Gasteiger partial charge in [-0.05, 0) is 18.2 Å². The molecule has 0 bridgehead atoms. The van der Waals surface area contributed by atoms with E-state index in [4.69, 9.17) is 20.6 Å². The quantitative estimate of drug-likeness (QED) is 0.484. The molecule has 0 atom stereocenters. The minimum absolute atomic E-state index is 0.00963. The molecule has 1 aromatic carbocycles. The van der Waals surface area contributed by atoms with Crippen LogP contribution in [0.15, 0.2) is 36.5 Å². The summed E-state index contributed by atoms with van der Waals surface area (Å²) < 4.78 is 17.9. The van der Waals surface area contributed by atoms with Crippen LogP contribution in [0.4, 0.5) is 10.2 Å². The van der Waals surface area contributed by atoms with Crippen LogP contribution in [-0.4, -0.2) is 39.4 Å². The lowest BCUT2D eigenvalue weighted by Crippen LogP contribution is -2.26. The van der Waals surface area contributed by atoms with Gasteiger partial charge in [0.2, 0.25) is 5.88 Å². The van der Waals surface area contributed by atoms with Crippen LogP contribution >= 0.6 is 0 Å². The van der Waals surface area contributed by atoms with E-state index in [1.54, 1.807) is 36.5 Å². The van der Waals surface area contributed by atoms with Crippen LogP contribution in [-0.2, 0) is 11.4 Å². The maximum absolute atomic E-state index is 12.6. The van der Waals surface area contributed by atoms with Gasteiger partial charge in [-0.15, -0.1) is 0 Å². The monoisotopic (exact) mass is 397 g/mol. The largest absolute Gasteiger partial charge is 0.474 e. The smallest absolute Gasteiger partial charge is 0.284 e. The molecule has 4 N–H and O–H groups in total. The van der Waals surface area contributed by atoms with Crippen molar-refractivity contribution in [1.82, 2.24) is 25.6 Å². The number of anilines is 1. The Morgan fingerprint density at radius 3 is 2.93 bits per heavy atom. The number of hydrogen-bond acceptors (Lipinski definition) is 8. The summed E-state index contributed by atoms with van der Waals surface area (Å²) in [5, 5.41) is 15.5. The minimum Gasteiger partial charge on any atom is -0.474 e. The van der Waals surface area contributed by atoms with Gasteiger partial charge in [0.25, 0.3) is 5.91 Å². The van der Waals surface area contributed by atoms with Crippen molar-refractivity contribution in [3.05, 3.63) is 53.3 Å². The van der Waals surface area contributed by atoms with Crippen LogP contribution in [0, 0.1) is 11.3 Å². The van der Waals surface area contributed by atoms with Gasteiger partial charge in [-0.1, -0.05) is 12.1 Å². The molecular formula is C18H16FN7O3. The summed E-state index contributed by atoms with van der Waals surface area (Å²) in [4.78, 5) is 25.9. The Morgan fingerprint density at radius 2 is 2.21 bits per heavy atom. The average molecular weight is 397 g/mol. The normalized spacial score (nSPS) is 10.3. The Labute approximate surface area is 164 Å². The molecule has 0 aliphatic carbocycles. The molecule has 29 heavy (non-hydrogen) atoms. The van der Waals surface area contributed by atoms with E-state index in [-0.39, 0.29) is 36.3 Å². The van der Waals surface area contributed by atoms with Crippen LogP contribution in [0.3, 0.4) is 0 Å². The second kappa shape index (κ2) is 9.25. The molecule has 0 saturated carbocycles. The first-order chi connectivity index (χ1) is 14.1. The van der Waals surface area contributed by atoms with E-state index >= 15 is 0 Å². The number of nitrogens with two attached hydrogens (primary N) is 1. The van der Waals surface area contributed by atoms with E-state index in [9.17, 15) is 9.18 Å². The summed E-state index contributed by atoms with van der Waals surface area (Å²) >= 11 is 0. The highest BCUT2D eigenvalue weighted by Crippen LogP contribution is 2.26. The predicted molar refractivity (Wildman–Crippen MR) is 98.9 cm³/mol. The zero-order chi connectivity index (χ0) is 20.6. The van der Waals surface area contributed by atoms with Crippen LogP contribution in [0.2, 0.25) is 0 Å². The number of halogens is 1. The number of carbonyl (C=O) groups excluding carboxylic acids is 1. The van der Waals surface area contributed by atoms with Crippen molar-refractivity contribution >= 4 is 11.7 Å². The van der Waals surface area contributed by atoms with Crippen LogP contribution < -0.4 is 16.0 Å². The Bertz CT molecular complexity index is 1030. The molecule has 0 saturated heterocycles. The lowest BCUT2D eigenvalue weighted by molar-refractivity contribution is 0.0219. The van der Waals surface area contributed by atoms with Crippen molar-refractivity contribution in [3.8, 4) is 23.3 Å². The number of nitrogens with zero attached hydrogens (tertiary/aromatic N) is 4. The van der Waals surface area contributed by atoms with E-state index in [1.165, 1.54) is 0 Å². The maximum Gasteiger partial charge on any atom is 0.284 e. The second-order valence-electron chi connectivity index (χ2n) is 5.63. The predicted octanol–water partition coefficient (Wildman–Crippen LogP) is 1.53. The van der Waals surface area contributed by atoms with Gasteiger partial charge < -0.3 is 10.5 Å². The van der Waals surface area contributed by atoms with E-state index in [1.807, 2.05) is 6.07 Å². The number of benzene rings is 1. The number of alkyl halides is 1. The van der Waals surface area contributed by atoms with Gasteiger partial charge in [-0.3, -0.25) is 14.7 Å². The molecule has 0 radical (unpaired) electrons. The molecule has 0 unspecified atom stereocenters. The van der Waals surface area contributed by atoms with E-state index in [0.29, 0.717) is 16.8 Å². The first-order valence-corrected chi connectivity index (χ1v) is 8.40. The van der Waals surface area contributed by atoms with Crippen LogP contribution in [0.25, 0.3) is 11.4 Å². The van der Waals surface area contributed by atoms with E-state index in [2.05, 4.69) is 25.6 Å². The number of nitrogen functional groups attached to an aromatic ring is 1. The third-order valence-corrected chi connectivity index (χ3v) is 3.64. The summed E-state index contributed by atoms with van der Waals surface area (Å²) in [5.41, 5.74) is 9.40. The van der Waals surface area contributed by atoms with E-state index < -0.39 is 12.6 Å². The van der Waals surface area contributed by atoms with Gasteiger partial charge in [0.05, 0.1) is 17.3 Å². The van der Waals surface area contributed by atoms with Gasteiger partial charge in [0, 0.05) is 11.8 Å². The number of hydroxylamine groups is 1. The third-order valence-electron chi connectivity index (χ3n) is 3.64. The highest BCUT2D eigenvalue weighted by atomic mass is 19.1. The number of aromatic nitrogens is 4. The summed E-state index contributed by atoms with van der Waals surface area (Å²) in [5.74, 6) is -1.02. The first-order valence-electron chi connectivity index (χ1n) is 8.40. The zero-order valence-corrected chi connectivity index (χ0v) is 15.1. The number of H-pyrrole nitrogens is 1. The number of amides is 1. The number of hydrogen-bond donors (Lipinski definition) is 3. The highest BCUT2D eigenvalue weighted by molar-refractivity contribution is 6.00. The number of aromatic amines is 1. The van der Waals surface area contributed by atoms with Crippen molar-refractivity contribution in [2.24, 2.45) is 0 Å². The number of ether oxygens (including phenoxy) is 1. The van der Waals surface area contributed by atoms with Crippen LogP contribution in [0.5, 0.6) is 5.88 Å². The standard InChI is InChI=1S/C18H16FN7O3/c19-5-7-28-18-14(17(27)26-29-10-13-4-6-22-25-13)15(21)23-16(24-18)12-3-1-2-11(8-12)9-20/h1-4,6,8H,5,7,10H2,(H,22,25)(H,26,27)(H2,21,23,24). The van der Waals surface area contributed by atoms with E-state index in [0.717, 1.165) is 0 Å². The van der Waals surface area contributed by atoms with Gasteiger partial charge >= 0.3 is 0 Å². The Hall–Kier alpha value is -4.04. The molecule has 148 valence electrons. The van der Waals surface area contributed by atoms with Crippen molar-refractivity contribution < 1.29 is 18.8 Å². The van der Waals surface area contributed by atoms with Gasteiger partial charge in [-0.2, -0.15) is 15.3 Å². The molecule has 2 aromatic heterocycles. The number of carbonyl (C=O) groups is 1. The summed E-state index contributed by atoms with van der Waals surface area (Å²) in [6.45, 7) is -1.11. The van der Waals surface area contributed by atoms with Crippen molar-refractivity contribution in [3.63, 3.8) is 0 Å². The third kappa shape index (κ3) is 4.82. The molecule has 3 aromatic rings. The molecule has 11 heteroatoms. The fraction of sp³-hybridized carbons (Fsp3) is 0.167. The van der Waals surface area contributed by atoms with Gasteiger partial charge in [-0.25, -0.2) is 14.9 Å². The molecule has 10 nitrogen and oxygen atoms in total. The Kier molecular flexibility index (Phi) is 6.29. The van der Waals surface area contributed by atoms with Crippen molar-refractivity contribution in [2.45, 2.75) is 6.61 Å². The maximum atomic E-state index is 12.6. The summed E-state index contributed by atoms with van der Waals surface area (Å²) in [6, 6.07) is 10.2. The number of nitriles is 1. The fourth-order valence-corrected chi connectivity index (χ4v) is 2.36. The summed E-state index contributed by atoms with van der Waals surface area (Å²) in [6.07, 6.45) is 1.61. The molecule has 1 amide bonds. The lowest BCUT2D eigenvalue weighted by atomic mass is 10.1. The van der Waals surface area contributed by atoms with Gasteiger partial charge in [0.1, 0.15) is 31.3 Å². The molecule has 0 spiro atoms. The molecule has 2 heterocycles. The topological polar surface area (TPSA) is 152 Å².